The molecule has 0 spiro atoms. The summed E-state index contributed by atoms with van der Waals surface area (Å²) in [5, 5.41) is 6.63. The van der Waals surface area contributed by atoms with Gasteiger partial charge in [0.2, 0.25) is 0 Å². The van der Waals surface area contributed by atoms with Gasteiger partial charge in [-0.1, -0.05) is 17.3 Å². The lowest BCUT2D eigenvalue weighted by Crippen LogP contribution is -2.29. The molecular formula is C18H21FN2O4. The van der Waals surface area contributed by atoms with Crippen molar-refractivity contribution in [3.8, 4) is 0 Å². The average Bonchev–Trinajstić information content (AvgIpc) is 3.28. The predicted octanol–water partition coefficient (Wildman–Crippen LogP) is 2.34. The molecule has 3 rings (SSSR count). The van der Waals surface area contributed by atoms with Gasteiger partial charge in [0.25, 0.3) is 5.91 Å². The Bertz CT molecular complexity index is 698. The first-order valence-electron chi connectivity index (χ1n) is 8.34. The van der Waals surface area contributed by atoms with Crippen molar-refractivity contribution in [2.75, 3.05) is 26.4 Å². The van der Waals surface area contributed by atoms with Crippen molar-refractivity contribution in [2.24, 2.45) is 5.92 Å². The highest BCUT2D eigenvalue weighted by Gasteiger charge is 2.18. The van der Waals surface area contributed by atoms with Crippen LogP contribution < -0.4 is 5.32 Å². The van der Waals surface area contributed by atoms with Gasteiger partial charge in [-0.2, -0.15) is 0 Å². The van der Waals surface area contributed by atoms with Crippen molar-refractivity contribution in [1.82, 2.24) is 10.5 Å². The molecular weight excluding hydrogens is 327 g/mol. The minimum atomic E-state index is -0.281. The number of amides is 1. The second-order valence-electron chi connectivity index (χ2n) is 6.05. The van der Waals surface area contributed by atoms with Gasteiger partial charge in [-0.15, -0.1) is 0 Å². The van der Waals surface area contributed by atoms with E-state index in [4.69, 9.17) is 14.0 Å². The summed E-state index contributed by atoms with van der Waals surface area (Å²) in [7, 11) is 0. The molecule has 6 nitrogen and oxygen atoms in total. The number of hydrogen-bond acceptors (Lipinski definition) is 5. The Morgan fingerprint density at radius 3 is 3.12 bits per heavy atom. The fourth-order valence-corrected chi connectivity index (χ4v) is 2.60. The SMILES string of the molecule is O=C(NCC1CCOC1)c1cc(CCOCc2cccc(F)c2)on1. The highest BCUT2D eigenvalue weighted by Crippen LogP contribution is 2.11. The summed E-state index contributed by atoms with van der Waals surface area (Å²) in [5.74, 6) is 0.416. The van der Waals surface area contributed by atoms with Crippen LogP contribution in [0.3, 0.4) is 0 Å². The molecule has 25 heavy (non-hydrogen) atoms. The third-order valence-corrected chi connectivity index (χ3v) is 4.02. The monoisotopic (exact) mass is 348 g/mol. The standard InChI is InChI=1S/C18H21FN2O4/c19-15-3-1-2-13(8-15)11-24-7-5-16-9-17(21-25-16)18(22)20-10-14-4-6-23-12-14/h1-3,8-9,14H,4-7,10-12H2,(H,20,22). The van der Waals surface area contributed by atoms with E-state index in [0.29, 0.717) is 44.5 Å². The van der Waals surface area contributed by atoms with Crippen molar-refractivity contribution in [1.29, 1.82) is 0 Å². The van der Waals surface area contributed by atoms with Crippen LogP contribution in [0.4, 0.5) is 4.39 Å². The Labute approximate surface area is 145 Å². The fourth-order valence-electron chi connectivity index (χ4n) is 2.60. The lowest BCUT2D eigenvalue weighted by molar-refractivity contribution is 0.0935. The third-order valence-electron chi connectivity index (χ3n) is 4.02. The van der Waals surface area contributed by atoms with Crippen LogP contribution in [0.5, 0.6) is 0 Å². The Morgan fingerprint density at radius 1 is 1.40 bits per heavy atom. The molecule has 1 fully saturated rings. The third kappa shape index (κ3) is 5.37. The number of nitrogens with one attached hydrogen (secondary N) is 1. The highest BCUT2D eigenvalue weighted by atomic mass is 19.1. The molecule has 0 aliphatic carbocycles. The fraction of sp³-hybridized carbons (Fsp3) is 0.444. The average molecular weight is 348 g/mol. The largest absolute Gasteiger partial charge is 0.381 e. The van der Waals surface area contributed by atoms with Crippen molar-refractivity contribution in [2.45, 2.75) is 19.4 Å². The van der Waals surface area contributed by atoms with E-state index in [9.17, 15) is 9.18 Å². The molecule has 1 unspecified atom stereocenters. The Morgan fingerprint density at radius 2 is 2.32 bits per heavy atom. The van der Waals surface area contributed by atoms with Gasteiger partial charge in [0, 0.05) is 31.6 Å². The zero-order chi connectivity index (χ0) is 17.5. The van der Waals surface area contributed by atoms with Crippen LogP contribution in [-0.2, 0) is 22.5 Å². The molecule has 134 valence electrons. The minimum absolute atomic E-state index is 0.248. The summed E-state index contributed by atoms with van der Waals surface area (Å²) in [6.45, 7) is 2.74. The molecule has 0 radical (unpaired) electrons. The zero-order valence-corrected chi connectivity index (χ0v) is 13.9. The first kappa shape index (κ1) is 17.6. The van der Waals surface area contributed by atoms with Gasteiger partial charge in [0.05, 0.1) is 19.8 Å². The Kier molecular flexibility index (Phi) is 6.14. The summed E-state index contributed by atoms with van der Waals surface area (Å²) < 4.78 is 29.0. The molecule has 1 amide bonds. The van der Waals surface area contributed by atoms with Gasteiger partial charge in [-0.05, 0) is 24.1 Å². The van der Waals surface area contributed by atoms with E-state index in [0.717, 1.165) is 18.6 Å². The van der Waals surface area contributed by atoms with Crippen molar-refractivity contribution in [3.63, 3.8) is 0 Å². The normalized spacial score (nSPS) is 16.9. The maximum absolute atomic E-state index is 13.1. The summed E-state index contributed by atoms with van der Waals surface area (Å²) in [5.41, 5.74) is 1.03. The van der Waals surface area contributed by atoms with E-state index < -0.39 is 0 Å². The molecule has 0 bridgehead atoms. The summed E-state index contributed by atoms with van der Waals surface area (Å²) in [6, 6.07) is 7.89. The Hall–Kier alpha value is -2.25. The van der Waals surface area contributed by atoms with Crippen LogP contribution in [-0.4, -0.2) is 37.4 Å². The summed E-state index contributed by atoms with van der Waals surface area (Å²) >= 11 is 0. The number of aromatic nitrogens is 1. The molecule has 1 aromatic heterocycles. The van der Waals surface area contributed by atoms with Gasteiger partial charge < -0.3 is 19.3 Å². The lowest BCUT2D eigenvalue weighted by atomic mass is 10.1. The van der Waals surface area contributed by atoms with E-state index in [1.165, 1.54) is 12.1 Å². The second-order valence-corrected chi connectivity index (χ2v) is 6.05. The number of ether oxygens (including phenoxy) is 2. The predicted molar refractivity (Wildman–Crippen MR) is 87.5 cm³/mol. The van der Waals surface area contributed by atoms with Gasteiger partial charge in [-0.3, -0.25) is 4.79 Å². The van der Waals surface area contributed by atoms with Crippen LogP contribution in [0, 0.1) is 11.7 Å². The van der Waals surface area contributed by atoms with Crippen LogP contribution in [0.1, 0.15) is 28.2 Å². The zero-order valence-electron chi connectivity index (χ0n) is 13.9. The van der Waals surface area contributed by atoms with Crippen molar-refractivity contribution in [3.05, 3.63) is 53.2 Å². The molecule has 1 atom stereocenters. The minimum Gasteiger partial charge on any atom is -0.381 e. The summed E-state index contributed by atoms with van der Waals surface area (Å²) in [6.07, 6.45) is 1.46. The van der Waals surface area contributed by atoms with Crippen LogP contribution in [0.2, 0.25) is 0 Å². The smallest absolute Gasteiger partial charge is 0.273 e. The van der Waals surface area contributed by atoms with Gasteiger partial charge in [-0.25, -0.2) is 4.39 Å². The van der Waals surface area contributed by atoms with Crippen molar-refractivity contribution < 1.29 is 23.2 Å². The van der Waals surface area contributed by atoms with Crippen LogP contribution >= 0.6 is 0 Å². The van der Waals surface area contributed by atoms with E-state index in [-0.39, 0.29) is 17.4 Å². The molecule has 1 aromatic carbocycles. The van der Waals surface area contributed by atoms with Gasteiger partial charge in [0.1, 0.15) is 11.6 Å². The van der Waals surface area contributed by atoms with E-state index in [1.54, 1.807) is 18.2 Å². The number of carbonyl (C=O) groups is 1. The molecule has 1 aliphatic heterocycles. The summed E-state index contributed by atoms with van der Waals surface area (Å²) in [4.78, 5) is 12.0. The second kappa shape index (κ2) is 8.73. The topological polar surface area (TPSA) is 73.6 Å². The van der Waals surface area contributed by atoms with E-state index in [1.807, 2.05) is 0 Å². The number of rotatable bonds is 8. The number of hydrogen-bond donors (Lipinski definition) is 1. The Balaban J connectivity index is 1.38. The number of carbonyl (C=O) groups excluding carboxylic acids is 1. The molecule has 1 N–H and O–H groups in total. The van der Waals surface area contributed by atoms with E-state index in [2.05, 4.69) is 10.5 Å². The number of benzene rings is 1. The quantitative estimate of drug-likeness (QED) is 0.741. The molecule has 2 heterocycles. The van der Waals surface area contributed by atoms with E-state index >= 15 is 0 Å². The van der Waals surface area contributed by atoms with Crippen LogP contribution in [0.25, 0.3) is 0 Å². The molecule has 0 saturated carbocycles. The van der Waals surface area contributed by atoms with Crippen LogP contribution in [0.15, 0.2) is 34.9 Å². The first-order chi connectivity index (χ1) is 12.2. The maximum atomic E-state index is 13.1. The number of halogens is 1. The van der Waals surface area contributed by atoms with Crippen molar-refractivity contribution >= 4 is 5.91 Å². The van der Waals surface area contributed by atoms with Gasteiger partial charge >= 0.3 is 0 Å². The molecule has 7 heteroatoms. The lowest BCUT2D eigenvalue weighted by Gasteiger charge is -2.07. The number of nitrogens with zero attached hydrogens (tertiary/aromatic N) is 1. The van der Waals surface area contributed by atoms with Gasteiger partial charge in [0.15, 0.2) is 5.69 Å². The first-order valence-corrected chi connectivity index (χ1v) is 8.34. The molecule has 1 saturated heterocycles. The maximum Gasteiger partial charge on any atom is 0.273 e. The highest BCUT2D eigenvalue weighted by molar-refractivity contribution is 5.92. The molecule has 1 aliphatic rings. The molecule has 2 aromatic rings.